The van der Waals surface area contributed by atoms with Crippen LogP contribution in [0, 0.1) is 11.8 Å². The molecule has 24 heavy (non-hydrogen) atoms. The second kappa shape index (κ2) is 5.69. The van der Waals surface area contributed by atoms with Gasteiger partial charge in [-0.1, -0.05) is 6.42 Å². The maximum atomic E-state index is 13.2. The predicted molar refractivity (Wildman–Crippen MR) is 95.2 cm³/mol. The topological polar surface area (TPSA) is 49.3 Å². The fourth-order valence-corrected chi connectivity index (χ4v) is 5.64. The van der Waals surface area contributed by atoms with E-state index in [4.69, 9.17) is 0 Å². The maximum Gasteiger partial charge on any atom is 0.245 e. The minimum absolute atomic E-state index is 0.0400. The Morgan fingerprint density at radius 3 is 2.79 bits per heavy atom. The number of anilines is 1. The van der Waals surface area contributed by atoms with Gasteiger partial charge in [0.05, 0.1) is 5.39 Å². The zero-order chi connectivity index (χ0) is 16.1. The Labute approximate surface area is 145 Å². The van der Waals surface area contributed by atoms with Gasteiger partial charge in [0, 0.05) is 19.6 Å². The first-order chi connectivity index (χ1) is 11.8. The molecule has 0 unspecified atom stereocenters. The number of rotatable bonds is 2. The fraction of sp³-hybridized carbons (Fsp3) is 0.611. The van der Waals surface area contributed by atoms with Crippen LogP contribution in [0.5, 0.6) is 0 Å². The first-order valence-electron chi connectivity index (χ1n) is 9.05. The molecule has 3 atom stereocenters. The first kappa shape index (κ1) is 14.6. The van der Waals surface area contributed by atoms with Crippen LogP contribution in [0.4, 0.5) is 5.82 Å². The molecule has 126 valence electrons. The van der Waals surface area contributed by atoms with E-state index < -0.39 is 0 Å². The SMILES string of the molecule is O=C([C@@H]1CCCN1c1ncnc2sccc12)N1C[C@@H]2CCC[C@H]2C1. The standard InChI is InChI=1S/C18H22N4OS/c23-18(21-9-12-3-1-4-13(12)10-21)15-5-2-7-22(15)16-14-6-8-24-17(14)20-11-19-16/h6,8,11-13,15H,1-5,7,9-10H2/t12-,13-,15-/m0/s1. The highest BCUT2D eigenvalue weighted by Crippen LogP contribution is 2.39. The van der Waals surface area contributed by atoms with Crippen molar-refractivity contribution in [3.63, 3.8) is 0 Å². The van der Waals surface area contributed by atoms with Crippen LogP contribution in [-0.4, -0.2) is 46.5 Å². The van der Waals surface area contributed by atoms with E-state index in [1.807, 2.05) is 0 Å². The van der Waals surface area contributed by atoms with E-state index in [2.05, 4.69) is 31.2 Å². The summed E-state index contributed by atoms with van der Waals surface area (Å²) < 4.78 is 0. The molecule has 4 heterocycles. The van der Waals surface area contributed by atoms with Crippen molar-refractivity contribution < 1.29 is 4.79 Å². The van der Waals surface area contributed by atoms with Gasteiger partial charge < -0.3 is 9.80 Å². The molecule has 2 aromatic rings. The normalized spacial score (nSPS) is 29.6. The van der Waals surface area contributed by atoms with Gasteiger partial charge in [0.1, 0.15) is 23.0 Å². The number of fused-ring (bicyclic) bond motifs is 2. The Bertz CT molecular complexity index is 763. The van der Waals surface area contributed by atoms with Crippen molar-refractivity contribution in [3.8, 4) is 0 Å². The van der Waals surface area contributed by atoms with E-state index in [0.29, 0.717) is 5.91 Å². The van der Waals surface area contributed by atoms with Crippen molar-refractivity contribution >= 4 is 33.3 Å². The van der Waals surface area contributed by atoms with Crippen molar-refractivity contribution in [1.82, 2.24) is 14.9 Å². The van der Waals surface area contributed by atoms with Gasteiger partial charge in [-0.3, -0.25) is 4.79 Å². The van der Waals surface area contributed by atoms with Gasteiger partial charge in [-0.25, -0.2) is 9.97 Å². The Kier molecular flexibility index (Phi) is 3.47. The lowest BCUT2D eigenvalue weighted by Gasteiger charge is -2.29. The molecular weight excluding hydrogens is 320 g/mol. The molecule has 0 N–H and O–H groups in total. The van der Waals surface area contributed by atoms with Gasteiger partial charge in [0.2, 0.25) is 5.91 Å². The number of likely N-dealkylation sites (tertiary alicyclic amines) is 1. The van der Waals surface area contributed by atoms with Gasteiger partial charge in [0.25, 0.3) is 0 Å². The molecule has 0 bridgehead atoms. The molecule has 0 spiro atoms. The number of thiophene rings is 1. The lowest BCUT2D eigenvalue weighted by Crippen LogP contribution is -2.45. The third kappa shape index (κ3) is 2.23. The van der Waals surface area contributed by atoms with Gasteiger partial charge in [-0.05, 0) is 49.0 Å². The van der Waals surface area contributed by atoms with Crippen molar-refractivity contribution in [2.24, 2.45) is 11.8 Å². The number of carbonyl (C=O) groups is 1. The Balaban J connectivity index is 1.41. The number of amides is 1. The zero-order valence-electron chi connectivity index (χ0n) is 13.7. The summed E-state index contributed by atoms with van der Waals surface area (Å²) in [6.07, 6.45) is 7.61. The van der Waals surface area contributed by atoms with E-state index in [9.17, 15) is 4.79 Å². The molecule has 5 nitrogen and oxygen atoms in total. The lowest BCUT2D eigenvalue weighted by atomic mass is 10.0. The monoisotopic (exact) mass is 342 g/mol. The summed E-state index contributed by atoms with van der Waals surface area (Å²) in [5, 5.41) is 3.14. The molecule has 5 rings (SSSR count). The highest BCUT2D eigenvalue weighted by Gasteiger charge is 2.42. The number of aromatic nitrogens is 2. The van der Waals surface area contributed by atoms with Crippen molar-refractivity contribution in [1.29, 1.82) is 0 Å². The van der Waals surface area contributed by atoms with Gasteiger partial charge in [-0.2, -0.15) is 0 Å². The van der Waals surface area contributed by atoms with Gasteiger partial charge in [0.15, 0.2) is 0 Å². The van der Waals surface area contributed by atoms with Crippen LogP contribution < -0.4 is 4.90 Å². The predicted octanol–water partition coefficient (Wildman–Crippen LogP) is 2.92. The van der Waals surface area contributed by atoms with Crippen LogP contribution in [0.3, 0.4) is 0 Å². The largest absolute Gasteiger partial charge is 0.344 e. The third-order valence-corrected chi connectivity index (χ3v) is 6.91. The molecule has 2 saturated heterocycles. The molecule has 2 aromatic heterocycles. The summed E-state index contributed by atoms with van der Waals surface area (Å²) in [5.41, 5.74) is 0. The van der Waals surface area contributed by atoms with Crippen LogP contribution in [0.15, 0.2) is 17.8 Å². The van der Waals surface area contributed by atoms with E-state index in [-0.39, 0.29) is 6.04 Å². The Morgan fingerprint density at radius 2 is 1.96 bits per heavy atom. The van der Waals surface area contributed by atoms with Crippen molar-refractivity contribution in [3.05, 3.63) is 17.8 Å². The van der Waals surface area contributed by atoms with Crippen molar-refractivity contribution in [2.75, 3.05) is 24.5 Å². The summed E-state index contributed by atoms with van der Waals surface area (Å²) in [6.45, 7) is 2.87. The number of hydrogen-bond acceptors (Lipinski definition) is 5. The lowest BCUT2D eigenvalue weighted by molar-refractivity contribution is -0.131. The van der Waals surface area contributed by atoms with E-state index >= 15 is 0 Å². The van der Waals surface area contributed by atoms with Crippen LogP contribution in [-0.2, 0) is 4.79 Å². The third-order valence-electron chi connectivity index (χ3n) is 6.09. The van der Waals surface area contributed by atoms with Crippen molar-refractivity contribution in [2.45, 2.75) is 38.1 Å². The molecule has 1 saturated carbocycles. The summed E-state index contributed by atoms with van der Waals surface area (Å²) in [4.78, 5) is 27.4. The molecule has 6 heteroatoms. The molecule has 1 amide bonds. The molecule has 0 radical (unpaired) electrons. The van der Waals surface area contributed by atoms with Crippen LogP contribution in [0.25, 0.3) is 10.2 Å². The maximum absolute atomic E-state index is 13.2. The molecule has 3 fully saturated rings. The number of carbonyl (C=O) groups excluding carboxylic acids is 1. The highest BCUT2D eigenvalue weighted by molar-refractivity contribution is 7.16. The second-order valence-corrected chi connectivity index (χ2v) is 8.28. The van der Waals surface area contributed by atoms with E-state index in [1.54, 1.807) is 17.7 Å². The number of hydrogen-bond donors (Lipinski definition) is 0. The van der Waals surface area contributed by atoms with Crippen LogP contribution in [0.2, 0.25) is 0 Å². The van der Waals surface area contributed by atoms with Crippen LogP contribution in [0.1, 0.15) is 32.1 Å². The quantitative estimate of drug-likeness (QED) is 0.842. The fourth-order valence-electron chi connectivity index (χ4n) is 4.91. The van der Waals surface area contributed by atoms with Crippen LogP contribution >= 0.6 is 11.3 Å². The first-order valence-corrected chi connectivity index (χ1v) is 9.93. The van der Waals surface area contributed by atoms with E-state index in [0.717, 1.165) is 60.3 Å². The molecule has 2 aliphatic heterocycles. The average Bonchev–Trinajstić information content (AvgIpc) is 3.35. The minimum atomic E-state index is -0.0400. The van der Waals surface area contributed by atoms with Gasteiger partial charge in [-0.15, -0.1) is 11.3 Å². The second-order valence-electron chi connectivity index (χ2n) is 7.38. The minimum Gasteiger partial charge on any atom is -0.344 e. The van der Waals surface area contributed by atoms with E-state index in [1.165, 1.54) is 19.3 Å². The molecule has 1 aliphatic carbocycles. The molecule has 3 aliphatic rings. The summed E-state index contributed by atoms with van der Waals surface area (Å²) in [6, 6.07) is 2.04. The summed E-state index contributed by atoms with van der Waals surface area (Å²) >= 11 is 1.63. The summed E-state index contributed by atoms with van der Waals surface area (Å²) in [5.74, 6) is 2.78. The average molecular weight is 342 g/mol. The highest BCUT2D eigenvalue weighted by atomic mass is 32.1. The zero-order valence-corrected chi connectivity index (χ0v) is 14.5. The smallest absolute Gasteiger partial charge is 0.245 e. The number of nitrogens with zero attached hydrogens (tertiary/aromatic N) is 4. The Hall–Kier alpha value is -1.69. The molecular formula is C18H22N4OS. The Morgan fingerprint density at radius 1 is 1.12 bits per heavy atom. The summed E-state index contributed by atoms with van der Waals surface area (Å²) in [7, 11) is 0. The van der Waals surface area contributed by atoms with Gasteiger partial charge >= 0.3 is 0 Å². The molecule has 0 aromatic carbocycles.